The number of methoxy groups -OCH3 is 1. The molecule has 3 rings (SSSR count). The summed E-state index contributed by atoms with van der Waals surface area (Å²) >= 11 is 4.50. The highest BCUT2D eigenvalue weighted by Gasteiger charge is 2.13. The maximum absolute atomic E-state index is 12.1. The molecule has 3 aromatic heterocycles. The average molecular weight is 351 g/mol. The second-order valence-corrected chi connectivity index (χ2v) is 7.55. The zero-order valence-electron chi connectivity index (χ0n) is 12.0. The summed E-state index contributed by atoms with van der Waals surface area (Å²) in [4.78, 5) is 23.2. The smallest absolute Gasteiger partial charge is 0.276 e. The number of anilines is 1. The molecule has 1 N–H and O–H groups in total. The molecule has 114 valence electrons. The summed E-state index contributed by atoms with van der Waals surface area (Å²) in [5.41, 5.74) is 1.28. The molecule has 0 aliphatic rings. The highest BCUT2D eigenvalue weighted by atomic mass is 32.1. The molecule has 1 amide bonds. The topological polar surface area (TPSA) is 64.1 Å². The Balaban J connectivity index is 1.70. The molecule has 22 heavy (non-hydrogen) atoms. The van der Waals surface area contributed by atoms with Crippen LogP contribution in [0, 0.1) is 6.92 Å². The predicted molar refractivity (Wildman–Crippen MR) is 90.9 cm³/mol. The number of carbonyl (C=O) groups is 1. The van der Waals surface area contributed by atoms with Crippen LogP contribution >= 0.6 is 34.0 Å². The number of hydrogen-bond donors (Lipinski definition) is 1. The Labute approximate surface area is 139 Å². The molecular formula is C14H13N3O2S3. The van der Waals surface area contributed by atoms with Crippen LogP contribution < -0.4 is 5.32 Å². The highest BCUT2D eigenvalue weighted by Crippen LogP contribution is 2.30. The molecular weight excluding hydrogens is 338 g/mol. The molecule has 0 saturated heterocycles. The summed E-state index contributed by atoms with van der Waals surface area (Å²) in [5, 5.41) is 7.81. The maximum atomic E-state index is 12.1. The number of aryl methyl sites for hydroxylation is 1. The predicted octanol–water partition coefficient (Wildman–Crippen LogP) is 4.04. The summed E-state index contributed by atoms with van der Waals surface area (Å²) in [6, 6.07) is 4.10. The van der Waals surface area contributed by atoms with E-state index >= 15 is 0 Å². The van der Waals surface area contributed by atoms with Crippen LogP contribution in [0.4, 0.5) is 5.13 Å². The van der Waals surface area contributed by atoms with Crippen LogP contribution in [0.1, 0.15) is 20.4 Å². The zero-order chi connectivity index (χ0) is 15.5. The average Bonchev–Trinajstić information content (AvgIpc) is 3.19. The summed E-state index contributed by atoms with van der Waals surface area (Å²) in [6.45, 7) is 2.47. The second-order valence-electron chi connectivity index (χ2n) is 4.46. The van der Waals surface area contributed by atoms with E-state index in [1.54, 1.807) is 23.8 Å². The lowest BCUT2D eigenvalue weighted by atomic mass is 10.4. The molecule has 0 aliphatic heterocycles. The van der Waals surface area contributed by atoms with E-state index in [9.17, 15) is 4.79 Å². The van der Waals surface area contributed by atoms with Crippen molar-refractivity contribution in [3.63, 3.8) is 0 Å². The number of rotatable bonds is 5. The second kappa shape index (κ2) is 6.66. The highest BCUT2D eigenvalue weighted by molar-refractivity contribution is 7.17. The van der Waals surface area contributed by atoms with Gasteiger partial charge in [0.05, 0.1) is 17.2 Å². The molecule has 8 heteroatoms. The molecule has 3 aromatic rings. The molecule has 0 aliphatic carbocycles. The minimum absolute atomic E-state index is 0.248. The van der Waals surface area contributed by atoms with Crippen molar-refractivity contribution in [3.8, 4) is 10.6 Å². The van der Waals surface area contributed by atoms with Crippen molar-refractivity contribution in [3.05, 3.63) is 38.5 Å². The molecule has 5 nitrogen and oxygen atoms in total. The standard InChI is InChI=1S/C14H13N3O2S3/c1-8-3-4-11(22-8)9-6-21-14(16-9)17-13(18)10-7-20-12(15-10)5-19-2/h3-4,6-7H,5H2,1-2H3,(H,16,17,18). The number of thiazole rings is 2. The van der Waals surface area contributed by atoms with E-state index in [0.717, 1.165) is 15.6 Å². The lowest BCUT2D eigenvalue weighted by molar-refractivity contribution is 0.102. The Hall–Kier alpha value is -1.61. The first-order chi connectivity index (χ1) is 10.7. The minimum Gasteiger partial charge on any atom is -0.378 e. The fourth-order valence-corrected chi connectivity index (χ4v) is 4.14. The molecule has 0 spiro atoms. The number of amides is 1. The monoisotopic (exact) mass is 351 g/mol. The zero-order valence-corrected chi connectivity index (χ0v) is 14.4. The van der Waals surface area contributed by atoms with E-state index in [1.807, 2.05) is 11.4 Å². The number of hydrogen-bond acceptors (Lipinski definition) is 7. The summed E-state index contributed by atoms with van der Waals surface area (Å²) in [5.74, 6) is -0.248. The fourth-order valence-electron chi connectivity index (χ4n) is 1.78. The van der Waals surface area contributed by atoms with Gasteiger partial charge in [-0.05, 0) is 19.1 Å². The Bertz CT molecular complexity index is 791. The first-order valence-electron chi connectivity index (χ1n) is 6.42. The van der Waals surface area contributed by atoms with Crippen LogP contribution in [0.25, 0.3) is 10.6 Å². The van der Waals surface area contributed by atoms with Crippen LogP contribution in [0.5, 0.6) is 0 Å². The van der Waals surface area contributed by atoms with Gasteiger partial charge in [0.2, 0.25) is 0 Å². The van der Waals surface area contributed by atoms with Crippen LogP contribution in [0.3, 0.4) is 0 Å². The number of ether oxygens (including phenoxy) is 1. The maximum Gasteiger partial charge on any atom is 0.276 e. The largest absolute Gasteiger partial charge is 0.378 e. The Morgan fingerprint density at radius 3 is 2.86 bits per heavy atom. The van der Waals surface area contributed by atoms with Crippen LogP contribution in [0.15, 0.2) is 22.9 Å². The van der Waals surface area contributed by atoms with E-state index in [1.165, 1.54) is 27.6 Å². The third-order valence-corrected chi connectivity index (χ3v) is 5.37. The normalized spacial score (nSPS) is 10.8. The van der Waals surface area contributed by atoms with Gasteiger partial charge in [-0.25, -0.2) is 9.97 Å². The Kier molecular flexibility index (Phi) is 4.63. The molecule has 0 fully saturated rings. The van der Waals surface area contributed by atoms with Gasteiger partial charge >= 0.3 is 0 Å². The van der Waals surface area contributed by atoms with E-state index in [2.05, 4.69) is 28.3 Å². The fraction of sp³-hybridized carbons (Fsp3) is 0.214. The Morgan fingerprint density at radius 1 is 1.27 bits per heavy atom. The van der Waals surface area contributed by atoms with Gasteiger partial charge in [-0.2, -0.15) is 0 Å². The molecule has 0 radical (unpaired) electrons. The summed E-state index contributed by atoms with van der Waals surface area (Å²) < 4.78 is 5.00. The minimum atomic E-state index is -0.248. The first kappa shape index (κ1) is 15.3. The van der Waals surface area contributed by atoms with E-state index in [4.69, 9.17) is 4.74 Å². The lowest BCUT2D eigenvalue weighted by Gasteiger charge is -1.97. The number of nitrogens with one attached hydrogen (secondary N) is 1. The van der Waals surface area contributed by atoms with Crippen LogP contribution in [-0.4, -0.2) is 23.0 Å². The summed E-state index contributed by atoms with van der Waals surface area (Å²) in [6.07, 6.45) is 0. The number of nitrogens with zero attached hydrogens (tertiary/aromatic N) is 2. The van der Waals surface area contributed by atoms with Crippen molar-refractivity contribution in [2.24, 2.45) is 0 Å². The number of aromatic nitrogens is 2. The molecule has 0 saturated carbocycles. The van der Waals surface area contributed by atoms with Crippen molar-refractivity contribution in [1.82, 2.24) is 9.97 Å². The SMILES string of the molecule is COCc1nc(C(=O)Nc2nc(-c3ccc(C)s3)cs2)cs1. The third kappa shape index (κ3) is 3.41. The van der Waals surface area contributed by atoms with Crippen molar-refractivity contribution in [2.45, 2.75) is 13.5 Å². The molecule has 0 unspecified atom stereocenters. The van der Waals surface area contributed by atoms with Gasteiger partial charge in [-0.3, -0.25) is 10.1 Å². The van der Waals surface area contributed by atoms with Gasteiger partial charge in [0.1, 0.15) is 10.7 Å². The van der Waals surface area contributed by atoms with Crippen molar-refractivity contribution in [2.75, 3.05) is 12.4 Å². The van der Waals surface area contributed by atoms with Crippen molar-refractivity contribution in [1.29, 1.82) is 0 Å². The molecule has 0 bridgehead atoms. The van der Waals surface area contributed by atoms with Crippen LogP contribution in [-0.2, 0) is 11.3 Å². The van der Waals surface area contributed by atoms with Gasteiger partial charge in [-0.15, -0.1) is 34.0 Å². The van der Waals surface area contributed by atoms with Crippen LogP contribution in [0.2, 0.25) is 0 Å². The molecule has 0 aromatic carbocycles. The molecule has 0 atom stereocenters. The van der Waals surface area contributed by atoms with Gasteiger partial charge < -0.3 is 4.74 Å². The van der Waals surface area contributed by atoms with E-state index in [0.29, 0.717) is 17.4 Å². The van der Waals surface area contributed by atoms with Crippen molar-refractivity contribution < 1.29 is 9.53 Å². The Morgan fingerprint density at radius 2 is 2.14 bits per heavy atom. The number of thiophene rings is 1. The van der Waals surface area contributed by atoms with Gasteiger partial charge in [-0.1, -0.05) is 0 Å². The van der Waals surface area contributed by atoms with E-state index < -0.39 is 0 Å². The lowest BCUT2D eigenvalue weighted by Crippen LogP contribution is -2.12. The van der Waals surface area contributed by atoms with E-state index in [-0.39, 0.29) is 5.91 Å². The number of carbonyl (C=O) groups excluding carboxylic acids is 1. The van der Waals surface area contributed by atoms with Gasteiger partial charge in [0.25, 0.3) is 5.91 Å². The summed E-state index contributed by atoms with van der Waals surface area (Å²) in [7, 11) is 1.60. The molecule has 3 heterocycles. The quantitative estimate of drug-likeness (QED) is 0.753. The van der Waals surface area contributed by atoms with Crippen molar-refractivity contribution >= 4 is 45.0 Å². The van der Waals surface area contributed by atoms with Gasteiger partial charge in [0, 0.05) is 22.7 Å². The van der Waals surface area contributed by atoms with Gasteiger partial charge in [0.15, 0.2) is 5.13 Å². The first-order valence-corrected chi connectivity index (χ1v) is 9.00. The third-order valence-electron chi connectivity index (χ3n) is 2.77.